The summed E-state index contributed by atoms with van der Waals surface area (Å²) < 4.78 is 5.27. The molecule has 0 aromatic heterocycles. The van der Waals surface area contributed by atoms with Crippen LogP contribution >= 0.6 is 11.6 Å². The Kier molecular flexibility index (Phi) is 3.87. The zero-order chi connectivity index (χ0) is 9.52. The summed E-state index contributed by atoms with van der Waals surface area (Å²) in [7, 11) is 0. The van der Waals surface area contributed by atoms with Crippen molar-refractivity contribution in [3.63, 3.8) is 0 Å². The van der Waals surface area contributed by atoms with Gasteiger partial charge in [0.15, 0.2) is 0 Å². The molecule has 1 rings (SSSR count). The third kappa shape index (κ3) is 3.64. The highest BCUT2D eigenvalue weighted by atomic mass is 35.5. The van der Waals surface area contributed by atoms with E-state index < -0.39 is 0 Å². The number of ether oxygens (including phenoxy) is 1. The van der Waals surface area contributed by atoms with E-state index in [4.69, 9.17) is 21.6 Å². The van der Waals surface area contributed by atoms with Gasteiger partial charge in [0, 0.05) is 11.1 Å². The van der Waals surface area contributed by atoms with Crippen molar-refractivity contribution in [1.29, 1.82) is 5.26 Å². The summed E-state index contributed by atoms with van der Waals surface area (Å²) in [6.45, 7) is 0.398. The minimum Gasteiger partial charge on any atom is -0.490 e. The van der Waals surface area contributed by atoms with E-state index in [2.05, 4.69) is 0 Å². The van der Waals surface area contributed by atoms with Crippen LogP contribution < -0.4 is 4.74 Å². The number of benzene rings is 1. The first-order chi connectivity index (χ1) is 6.33. The predicted octanol–water partition coefficient (Wildman–Crippen LogP) is 2.80. The van der Waals surface area contributed by atoms with Gasteiger partial charge >= 0.3 is 0 Å². The van der Waals surface area contributed by atoms with E-state index in [1.165, 1.54) is 6.08 Å². The first-order valence-electron chi connectivity index (χ1n) is 3.76. The van der Waals surface area contributed by atoms with Gasteiger partial charge in [-0.25, -0.2) is 0 Å². The summed E-state index contributed by atoms with van der Waals surface area (Å²) in [5.41, 5.74) is 0. The van der Waals surface area contributed by atoms with Crippen molar-refractivity contribution in [3.05, 3.63) is 41.4 Å². The van der Waals surface area contributed by atoms with Gasteiger partial charge in [-0.05, 0) is 30.3 Å². The monoisotopic (exact) mass is 193 g/mol. The zero-order valence-electron chi connectivity index (χ0n) is 6.90. The smallest absolute Gasteiger partial charge is 0.119 e. The molecule has 0 atom stereocenters. The molecule has 0 aliphatic rings. The molecule has 0 saturated carbocycles. The average Bonchev–Trinajstić information content (AvgIpc) is 2.15. The van der Waals surface area contributed by atoms with E-state index in [9.17, 15) is 0 Å². The second kappa shape index (κ2) is 5.23. The Labute approximate surface area is 82.0 Å². The number of rotatable bonds is 3. The lowest BCUT2D eigenvalue weighted by atomic mass is 10.3. The van der Waals surface area contributed by atoms with Crippen LogP contribution in [0.25, 0.3) is 0 Å². The second-order valence-electron chi connectivity index (χ2n) is 2.30. The van der Waals surface area contributed by atoms with Crippen LogP contribution in [0, 0.1) is 11.3 Å². The standard InChI is InChI=1S/C10H8ClNO/c11-9-3-5-10(6-4-9)13-8-2-1-7-12/h1-6H,8H2. The van der Waals surface area contributed by atoms with Crippen molar-refractivity contribution in [1.82, 2.24) is 0 Å². The topological polar surface area (TPSA) is 33.0 Å². The number of hydrogen-bond donors (Lipinski definition) is 0. The Morgan fingerprint density at radius 2 is 2.08 bits per heavy atom. The van der Waals surface area contributed by atoms with Crippen molar-refractivity contribution in [2.75, 3.05) is 6.61 Å². The Bertz CT molecular complexity index is 324. The third-order valence-corrected chi connectivity index (χ3v) is 1.60. The number of halogens is 1. The van der Waals surface area contributed by atoms with E-state index in [0.29, 0.717) is 11.6 Å². The maximum atomic E-state index is 8.19. The van der Waals surface area contributed by atoms with Gasteiger partial charge in [0.1, 0.15) is 12.4 Å². The molecular formula is C10H8ClNO. The van der Waals surface area contributed by atoms with Crippen LogP contribution in [0.5, 0.6) is 5.75 Å². The van der Waals surface area contributed by atoms with Gasteiger partial charge in [0.2, 0.25) is 0 Å². The lowest BCUT2D eigenvalue weighted by molar-refractivity contribution is 0.363. The molecule has 0 fully saturated rings. The first-order valence-corrected chi connectivity index (χ1v) is 4.13. The summed E-state index contributed by atoms with van der Waals surface area (Å²) in [5, 5.41) is 8.87. The molecule has 0 aliphatic carbocycles. The fourth-order valence-electron chi connectivity index (χ4n) is 0.776. The quantitative estimate of drug-likeness (QED) is 0.692. The second-order valence-corrected chi connectivity index (χ2v) is 2.73. The SMILES string of the molecule is N#CC=CCOc1ccc(Cl)cc1. The molecule has 1 aromatic rings. The third-order valence-electron chi connectivity index (χ3n) is 1.35. The largest absolute Gasteiger partial charge is 0.490 e. The summed E-state index contributed by atoms with van der Waals surface area (Å²) in [4.78, 5) is 0. The highest BCUT2D eigenvalue weighted by Crippen LogP contribution is 2.15. The lowest BCUT2D eigenvalue weighted by Gasteiger charge is -2.01. The molecule has 66 valence electrons. The molecule has 3 heteroatoms. The highest BCUT2D eigenvalue weighted by molar-refractivity contribution is 6.30. The molecular weight excluding hydrogens is 186 g/mol. The Balaban J connectivity index is 2.42. The van der Waals surface area contributed by atoms with Gasteiger partial charge in [0.05, 0.1) is 6.07 Å². The molecule has 0 N–H and O–H groups in total. The molecule has 0 spiro atoms. The minimum absolute atomic E-state index is 0.398. The van der Waals surface area contributed by atoms with Gasteiger partial charge in [-0.15, -0.1) is 0 Å². The van der Waals surface area contributed by atoms with E-state index in [-0.39, 0.29) is 0 Å². The van der Waals surface area contributed by atoms with Crippen LogP contribution in [-0.2, 0) is 0 Å². The number of nitriles is 1. The zero-order valence-corrected chi connectivity index (χ0v) is 7.66. The normalized spacial score (nSPS) is 9.85. The van der Waals surface area contributed by atoms with Crippen molar-refractivity contribution in [2.24, 2.45) is 0 Å². The molecule has 13 heavy (non-hydrogen) atoms. The highest BCUT2D eigenvalue weighted by Gasteiger charge is 1.90. The number of allylic oxidation sites excluding steroid dienone is 1. The maximum Gasteiger partial charge on any atom is 0.119 e. The molecule has 2 nitrogen and oxygen atoms in total. The van der Waals surface area contributed by atoms with Crippen LogP contribution in [0.15, 0.2) is 36.4 Å². The van der Waals surface area contributed by atoms with Crippen LogP contribution in [0.2, 0.25) is 5.02 Å². The summed E-state index contributed by atoms with van der Waals surface area (Å²) in [6.07, 6.45) is 3.03. The Hall–Kier alpha value is -1.46. The van der Waals surface area contributed by atoms with E-state index in [1.54, 1.807) is 30.3 Å². The first kappa shape index (κ1) is 9.63. The Morgan fingerprint density at radius 1 is 1.38 bits per heavy atom. The van der Waals surface area contributed by atoms with Crippen molar-refractivity contribution in [2.45, 2.75) is 0 Å². The van der Waals surface area contributed by atoms with E-state index in [0.717, 1.165) is 5.75 Å². The van der Waals surface area contributed by atoms with Gasteiger partial charge in [-0.2, -0.15) is 5.26 Å². The number of nitrogens with zero attached hydrogens (tertiary/aromatic N) is 1. The molecule has 0 aliphatic heterocycles. The van der Waals surface area contributed by atoms with Crippen LogP contribution in [0.3, 0.4) is 0 Å². The predicted molar refractivity (Wildman–Crippen MR) is 51.7 cm³/mol. The van der Waals surface area contributed by atoms with Gasteiger partial charge in [0.25, 0.3) is 0 Å². The lowest BCUT2D eigenvalue weighted by Crippen LogP contribution is -1.92. The summed E-state index contributed by atoms with van der Waals surface area (Å²) in [5.74, 6) is 0.743. The fraction of sp³-hybridized carbons (Fsp3) is 0.100. The van der Waals surface area contributed by atoms with E-state index in [1.807, 2.05) is 6.07 Å². The average molecular weight is 194 g/mol. The fourth-order valence-corrected chi connectivity index (χ4v) is 0.902. The van der Waals surface area contributed by atoms with Crippen molar-refractivity contribution < 1.29 is 4.74 Å². The van der Waals surface area contributed by atoms with Crippen LogP contribution in [-0.4, -0.2) is 6.61 Å². The van der Waals surface area contributed by atoms with Crippen molar-refractivity contribution in [3.8, 4) is 11.8 Å². The molecule has 0 unspecified atom stereocenters. The molecule has 1 aromatic carbocycles. The van der Waals surface area contributed by atoms with Gasteiger partial charge in [-0.3, -0.25) is 0 Å². The summed E-state index contributed by atoms with van der Waals surface area (Å²) in [6, 6.07) is 8.95. The van der Waals surface area contributed by atoms with Gasteiger partial charge in [-0.1, -0.05) is 11.6 Å². The van der Waals surface area contributed by atoms with Crippen LogP contribution in [0.1, 0.15) is 0 Å². The molecule has 0 radical (unpaired) electrons. The number of hydrogen-bond acceptors (Lipinski definition) is 2. The molecule has 0 saturated heterocycles. The minimum atomic E-state index is 0.398. The molecule has 0 amide bonds. The van der Waals surface area contributed by atoms with Crippen molar-refractivity contribution >= 4 is 11.6 Å². The molecule has 0 bridgehead atoms. The maximum absolute atomic E-state index is 8.19. The summed E-state index contributed by atoms with van der Waals surface area (Å²) >= 11 is 5.68. The molecule has 0 heterocycles. The Morgan fingerprint density at radius 3 is 2.69 bits per heavy atom. The van der Waals surface area contributed by atoms with E-state index >= 15 is 0 Å². The van der Waals surface area contributed by atoms with Crippen LogP contribution in [0.4, 0.5) is 0 Å². The van der Waals surface area contributed by atoms with Gasteiger partial charge < -0.3 is 4.74 Å².